The van der Waals surface area contributed by atoms with Gasteiger partial charge in [-0.3, -0.25) is 0 Å². The fourth-order valence-corrected chi connectivity index (χ4v) is 1.71. The Bertz CT molecular complexity index is 496. The predicted molar refractivity (Wildman–Crippen MR) is 67.7 cm³/mol. The van der Waals surface area contributed by atoms with E-state index in [4.69, 9.17) is 5.84 Å². The molecular formula is C11H11BrN4. The van der Waals surface area contributed by atoms with Gasteiger partial charge in [0, 0.05) is 10.0 Å². The third-order valence-electron chi connectivity index (χ3n) is 2.25. The van der Waals surface area contributed by atoms with Gasteiger partial charge in [0.1, 0.15) is 0 Å². The number of nitrogens with zero attached hydrogens (tertiary/aromatic N) is 2. The highest BCUT2D eigenvalue weighted by Gasteiger charge is 2.05. The molecule has 1 heterocycles. The average Bonchev–Trinajstić information content (AvgIpc) is 2.30. The number of benzene rings is 1. The number of aromatic nitrogens is 2. The van der Waals surface area contributed by atoms with Crippen LogP contribution in [0.3, 0.4) is 0 Å². The maximum Gasteiger partial charge on any atom is 0.162 e. The summed E-state index contributed by atoms with van der Waals surface area (Å²) < 4.78 is 1.04. The highest BCUT2D eigenvalue weighted by atomic mass is 79.9. The number of halogens is 1. The van der Waals surface area contributed by atoms with Crippen LogP contribution in [0.2, 0.25) is 0 Å². The van der Waals surface area contributed by atoms with Crippen LogP contribution in [0, 0.1) is 6.92 Å². The Morgan fingerprint density at radius 2 is 1.88 bits per heavy atom. The Morgan fingerprint density at radius 1 is 1.19 bits per heavy atom. The van der Waals surface area contributed by atoms with E-state index in [0.717, 1.165) is 21.3 Å². The molecule has 16 heavy (non-hydrogen) atoms. The van der Waals surface area contributed by atoms with Crippen molar-refractivity contribution in [1.29, 1.82) is 0 Å². The van der Waals surface area contributed by atoms with Crippen molar-refractivity contribution in [3.8, 4) is 11.3 Å². The lowest BCUT2D eigenvalue weighted by atomic mass is 10.1. The van der Waals surface area contributed by atoms with E-state index >= 15 is 0 Å². The molecule has 2 rings (SSSR count). The second-order valence-corrected chi connectivity index (χ2v) is 4.33. The second-order valence-electron chi connectivity index (χ2n) is 3.41. The van der Waals surface area contributed by atoms with E-state index in [1.807, 2.05) is 37.3 Å². The third-order valence-corrected chi connectivity index (χ3v) is 2.78. The highest BCUT2D eigenvalue weighted by molar-refractivity contribution is 9.10. The topological polar surface area (TPSA) is 63.8 Å². The molecule has 0 saturated heterocycles. The van der Waals surface area contributed by atoms with Gasteiger partial charge < -0.3 is 5.43 Å². The van der Waals surface area contributed by atoms with Gasteiger partial charge in [0.05, 0.1) is 5.69 Å². The Hall–Kier alpha value is -1.46. The quantitative estimate of drug-likeness (QED) is 0.655. The third kappa shape index (κ3) is 2.20. The maximum atomic E-state index is 5.27. The van der Waals surface area contributed by atoms with Gasteiger partial charge in [-0.1, -0.05) is 28.1 Å². The molecule has 5 heteroatoms. The summed E-state index contributed by atoms with van der Waals surface area (Å²) in [4.78, 5) is 0. The van der Waals surface area contributed by atoms with Crippen LogP contribution in [0.25, 0.3) is 11.3 Å². The molecule has 0 aliphatic heterocycles. The van der Waals surface area contributed by atoms with Crippen molar-refractivity contribution in [2.45, 2.75) is 6.92 Å². The first-order chi connectivity index (χ1) is 7.70. The van der Waals surface area contributed by atoms with Crippen LogP contribution in [0.4, 0.5) is 5.82 Å². The van der Waals surface area contributed by atoms with E-state index in [0.29, 0.717) is 5.82 Å². The Labute approximate surface area is 102 Å². The molecule has 0 fully saturated rings. The van der Waals surface area contributed by atoms with Gasteiger partial charge in [-0.15, -0.1) is 10.2 Å². The number of anilines is 1. The molecule has 0 bridgehead atoms. The number of aryl methyl sites for hydroxylation is 1. The Morgan fingerprint density at radius 3 is 2.44 bits per heavy atom. The summed E-state index contributed by atoms with van der Waals surface area (Å²) in [7, 11) is 0. The monoisotopic (exact) mass is 278 g/mol. The number of hydrazine groups is 1. The van der Waals surface area contributed by atoms with E-state index in [9.17, 15) is 0 Å². The Kier molecular flexibility index (Phi) is 3.17. The number of nitrogens with two attached hydrogens (primary N) is 1. The largest absolute Gasteiger partial charge is 0.307 e. The molecule has 0 aliphatic carbocycles. The molecule has 3 N–H and O–H groups in total. The van der Waals surface area contributed by atoms with Crippen molar-refractivity contribution in [2.24, 2.45) is 5.84 Å². The first kappa shape index (κ1) is 11.0. The normalized spacial score (nSPS) is 10.2. The van der Waals surface area contributed by atoms with E-state index in [-0.39, 0.29) is 0 Å². The lowest BCUT2D eigenvalue weighted by Gasteiger charge is -2.06. The van der Waals surface area contributed by atoms with Gasteiger partial charge >= 0.3 is 0 Å². The van der Waals surface area contributed by atoms with Crippen molar-refractivity contribution < 1.29 is 0 Å². The molecule has 0 amide bonds. The first-order valence-electron chi connectivity index (χ1n) is 4.77. The number of nitrogen functional groups attached to an aromatic ring is 1. The minimum atomic E-state index is 0.568. The van der Waals surface area contributed by atoms with E-state index in [1.54, 1.807) is 0 Å². The average molecular weight is 279 g/mol. The van der Waals surface area contributed by atoms with E-state index < -0.39 is 0 Å². The van der Waals surface area contributed by atoms with Crippen LogP contribution in [-0.4, -0.2) is 10.2 Å². The van der Waals surface area contributed by atoms with Crippen LogP contribution < -0.4 is 11.3 Å². The van der Waals surface area contributed by atoms with Gasteiger partial charge in [-0.2, -0.15) is 0 Å². The zero-order valence-electron chi connectivity index (χ0n) is 8.74. The summed E-state index contributed by atoms with van der Waals surface area (Å²) in [5, 5.41) is 8.10. The zero-order valence-corrected chi connectivity index (χ0v) is 10.3. The maximum absolute atomic E-state index is 5.27. The second kappa shape index (κ2) is 4.59. The molecule has 0 aliphatic rings. The van der Waals surface area contributed by atoms with Gasteiger partial charge in [-0.25, -0.2) is 5.84 Å². The molecule has 1 aromatic heterocycles. The summed E-state index contributed by atoms with van der Waals surface area (Å²) in [5.74, 6) is 5.84. The van der Waals surface area contributed by atoms with Crippen LogP contribution >= 0.6 is 15.9 Å². The molecule has 82 valence electrons. The number of nitrogens with one attached hydrogen (secondary N) is 1. The molecular weight excluding hydrogens is 268 g/mol. The number of rotatable bonds is 2. The number of hydrogen-bond acceptors (Lipinski definition) is 4. The fraction of sp³-hybridized carbons (Fsp3) is 0.0909. The molecule has 2 aromatic rings. The van der Waals surface area contributed by atoms with Gasteiger partial charge in [0.2, 0.25) is 0 Å². The molecule has 0 atom stereocenters. The lowest BCUT2D eigenvalue weighted by molar-refractivity contribution is 1.01. The van der Waals surface area contributed by atoms with Gasteiger partial charge in [-0.05, 0) is 30.7 Å². The van der Waals surface area contributed by atoms with Crippen molar-refractivity contribution in [1.82, 2.24) is 10.2 Å². The van der Waals surface area contributed by atoms with Crippen molar-refractivity contribution >= 4 is 21.7 Å². The van der Waals surface area contributed by atoms with Crippen LogP contribution in [0.1, 0.15) is 5.56 Å². The first-order valence-corrected chi connectivity index (χ1v) is 5.57. The van der Waals surface area contributed by atoms with Gasteiger partial charge in [0.25, 0.3) is 0 Å². The van der Waals surface area contributed by atoms with Crippen LogP contribution in [0.15, 0.2) is 34.8 Å². The molecule has 0 spiro atoms. The molecule has 0 unspecified atom stereocenters. The predicted octanol–water partition coefficient (Wildman–Crippen LogP) is 2.50. The Balaban J connectivity index is 2.44. The minimum absolute atomic E-state index is 0.568. The minimum Gasteiger partial charge on any atom is -0.307 e. The molecule has 0 saturated carbocycles. The van der Waals surface area contributed by atoms with Crippen molar-refractivity contribution in [2.75, 3.05) is 5.43 Å². The van der Waals surface area contributed by atoms with Crippen LogP contribution in [0.5, 0.6) is 0 Å². The molecule has 1 aromatic carbocycles. The van der Waals surface area contributed by atoms with Crippen LogP contribution in [-0.2, 0) is 0 Å². The van der Waals surface area contributed by atoms with Crippen molar-refractivity contribution in [3.05, 3.63) is 40.4 Å². The lowest BCUT2D eigenvalue weighted by Crippen LogP contribution is -2.09. The van der Waals surface area contributed by atoms with Gasteiger partial charge in [0.15, 0.2) is 5.82 Å². The van der Waals surface area contributed by atoms with E-state index in [2.05, 4.69) is 31.6 Å². The summed E-state index contributed by atoms with van der Waals surface area (Å²) >= 11 is 3.40. The molecule has 4 nitrogen and oxygen atoms in total. The molecule has 0 radical (unpaired) electrons. The summed E-state index contributed by atoms with van der Waals surface area (Å²) in [6, 6.07) is 9.81. The SMILES string of the molecule is Cc1cc(NN)nnc1-c1ccc(Br)cc1. The standard InChI is InChI=1S/C11H11BrN4/c1-7-6-10(14-13)15-16-11(7)8-2-4-9(12)5-3-8/h2-6H,13H2,1H3,(H,14,15). The summed E-state index contributed by atoms with van der Waals surface area (Å²) in [6.45, 7) is 1.98. The fourth-order valence-electron chi connectivity index (χ4n) is 1.45. The van der Waals surface area contributed by atoms with E-state index in [1.165, 1.54) is 0 Å². The highest BCUT2D eigenvalue weighted by Crippen LogP contribution is 2.23. The zero-order chi connectivity index (χ0) is 11.5. The smallest absolute Gasteiger partial charge is 0.162 e. The van der Waals surface area contributed by atoms with Crippen molar-refractivity contribution in [3.63, 3.8) is 0 Å². The summed E-state index contributed by atoms with van der Waals surface area (Å²) in [5.41, 5.74) is 5.41. The number of hydrogen-bond donors (Lipinski definition) is 2. The summed E-state index contributed by atoms with van der Waals surface area (Å²) in [6.07, 6.45) is 0.